The highest BCUT2D eigenvalue weighted by atomic mass is 16.5. The van der Waals surface area contributed by atoms with Gasteiger partial charge in [-0.15, -0.1) is 0 Å². The minimum Gasteiger partial charge on any atom is -0.474 e. The summed E-state index contributed by atoms with van der Waals surface area (Å²) < 4.78 is 9.84. The van der Waals surface area contributed by atoms with Crippen molar-refractivity contribution in [2.24, 2.45) is 0 Å². The van der Waals surface area contributed by atoms with Gasteiger partial charge in [0, 0.05) is 20.3 Å². The number of carboxylic acid groups (broad SMARTS) is 1. The molecule has 0 saturated heterocycles. The van der Waals surface area contributed by atoms with Crippen LogP contribution in [0.3, 0.4) is 0 Å². The third-order valence-electron chi connectivity index (χ3n) is 1.38. The van der Waals surface area contributed by atoms with Gasteiger partial charge in [0.2, 0.25) is 0 Å². The molecule has 1 amide bonds. The van der Waals surface area contributed by atoms with E-state index in [0.717, 1.165) is 0 Å². The first kappa shape index (κ1) is 12.9. The van der Waals surface area contributed by atoms with Gasteiger partial charge in [-0.1, -0.05) is 0 Å². The molecule has 0 heterocycles. The summed E-state index contributed by atoms with van der Waals surface area (Å²) in [5, 5.41) is 10.4. The van der Waals surface area contributed by atoms with Gasteiger partial charge in [-0.05, 0) is 6.42 Å². The summed E-state index contributed by atoms with van der Waals surface area (Å²) >= 11 is 0. The Bertz CT molecular complexity index is 183. The Morgan fingerprint density at radius 3 is 2.57 bits per heavy atom. The van der Waals surface area contributed by atoms with E-state index in [1.54, 1.807) is 7.11 Å². The number of hydrogen-bond acceptors (Lipinski definition) is 4. The minimum absolute atomic E-state index is 0.304. The third-order valence-corrected chi connectivity index (χ3v) is 1.38. The monoisotopic (exact) mass is 205 g/mol. The highest BCUT2D eigenvalue weighted by Gasteiger charge is 2.08. The quantitative estimate of drug-likeness (QED) is 0.421. The fraction of sp³-hybridized carbons (Fsp3) is 0.750. The van der Waals surface area contributed by atoms with Gasteiger partial charge in [-0.2, -0.15) is 0 Å². The average molecular weight is 205 g/mol. The van der Waals surface area contributed by atoms with E-state index in [1.165, 1.54) is 0 Å². The molecule has 0 spiro atoms. The number of carboxylic acids is 1. The van der Waals surface area contributed by atoms with Crippen molar-refractivity contribution in [3.63, 3.8) is 0 Å². The van der Waals surface area contributed by atoms with Crippen molar-refractivity contribution in [1.82, 2.24) is 5.32 Å². The second-order valence-electron chi connectivity index (χ2n) is 2.52. The Morgan fingerprint density at radius 2 is 2.00 bits per heavy atom. The van der Waals surface area contributed by atoms with Crippen LogP contribution in [-0.2, 0) is 19.1 Å². The number of ether oxygens (including phenoxy) is 2. The van der Waals surface area contributed by atoms with E-state index in [1.807, 2.05) is 0 Å². The number of nitrogens with one attached hydrogen (secondary N) is 1. The van der Waals surface area contributed by atoms with Crippen LogP contribution in [0.15, 0.2) is 0 Å². The highest BCUT2D eigenvalue weighted by molar-refractivity contribution is 6.31. The van der Waals surface area contributed by atoms with Gasteiger partial charge < -0.3 is 19.9 Å². The Kier molecular flexibility index (Phi) is 7.77. The first-order valence-electron chi connectivity index (χ1n) is 4.26. The standard InChI is InChI=1S/C8H15NO5/c1-13-5-6-14-4-2-3-9-7(10)8(11)12/h2-6H2,1H3,(H,9,10)(H,11,12). The lowest BCUT2D eigenvalue weighted by atomic mass is 10.4. The van der Waals surface area contributed by atoms with Gasteiger partial charge in [-0.3, -0.25) is 4.79 Å². The number of carbonyl (C=O) groups is 2. The van der Waals surface area contributed by atoms with E-state index in [2.05, 4.69) is 5.32 Å². The molecule has 0 aliphatic carbocycles. The van der Waals surface area contributed by atoms with Crippen molar-refractivity contribution >= 4 is 11.9 Å². The summed E-state index contributed by atoms with van der Waals surface area (Å²) in [6.07, 6.45) is 0.586. The number of rotatable bonds is 7. The van der Waals surface area contributed by atoms with E-state index in [4.69, 9.17) is 14.6 Å². The molecule has 0 saturated carbocycles. The topological polar surface area (TPSA) is 84.9 Å². The van der Waals surface area contributed by atoms with Crippen molar-refractivity contribution in [1.29, 1.82) is 0 Å². The van der Waals surface area contributed by atoms with E-state index < -0.39 is 11.9 Å². The van der Waals surface area contributed by atoms with E-state index in [9.17, 15) is 9.59 Å². The van der Waals surface area contributed by atoms with Crippen molar-refractivity contribution in [3.8, 4) is 0 Å². The maximum atomic E-state index is 10.5. The Labute approximate surface area is 82.2 Å². The Hall–Kier alpha value is -1.14. The minimum atomic E-state index is -1.47. The fourth-order valence-corrected chi connectivity index (χ4v) is 0.696. The molecule has 6 nitrogen and oxygen atoms in total. The van der Waals surface area contributed by atoms with Crippen LogP contribution in [0.4, 0.5) is 0 Å². The molecular formula is C8H15NO5. The SMILES string of the molecule is COCCOCCCNC(=O)C(=O)O. The van der Waals surface area contributed by atoms with Gasteiger partial charge in [-0.25, -0.2) is 4.79 Å². The highest BCUT2D eigenvalue weighted by Crippen LogP contribution is 1.81. The van der Waals surface area contributed by atoms with Crippen molar-refractivity contribution < 1.29 is 24.2 Å². The van der Waals surface area contributed by atoms with Crippen molar-refractivity contribution in [2.75, 3.05) is 33.5 Å². The second kappa shape index (κ2) is 8.46. The van der Waals surface area contributed by atoms with Gasteiger partial charge in [0.25, 0.3) is 0 Å². The molecular weight excluding hydrogens is 190 g/mol. The molecule has 0 aliphatic rings. The van der Waals surface area contributed by atoms with Gasteiger partial charge >= 0.3 is 11.9 Å². The molecule has 14 heavy (non-hydrogen) atoms. The molecule has 0 rings (SSSR count). The maximum Gasteiger partial charge on any atom is 0.394 e. The lowest BCUT2D eigenvalue weighted by Crippen LogP contribution is -2.31. The number of methoxy groups -OCH3 is 1. The van der Waals surface area contributed by atoms with E-state index in [-0.39, 0.29) is 0 Å². The predicted octanol–water partition coefficient (Wildman–Crippen LogP) is -0.760. The second-order valence-corrected chi connectivity index (χ2v) is 2.52. The lowest BCUT2D eigenvalue weighted by molar-refractivity contribution is -0.150. The van der Waals surface area contributed by atoms with Gasteiger partial charge in [0.05, 0.1) is 13.2 Å². The zero-order valence-corrected chi connectivity index (χ0v) is 8.12. The lowest BCUT2D eigenvalue weighted by Gasteiger charge is -2.03. The zero-order chi connectivity index (χ0) is 10.8. The molecule has 0 unspecified atom stereocenters. The third kappa shape index (κ3) is 7.51. The fourth-order valence-electron chi connectivity index (χ4n) is 0.696. The van der Waals surface area contributed by atoms with E-state index >= 15 is 0 Å². The molecule has 0 aromatic rings. The number of carbonyl (C=O) groups excluding carboxylic acids is 1. The molecule has 0 aromatic heterocycles. The normalized spacial score (nSPS) is 9.79. The summed E-state index contributed by atoms with van der Waals surface area (Å²) in [5.41, 5.74) is 0. The molecule has 0 radical (unpaired) electrons. The molecule has 0 aromatic carbocycles. The van der Waals surface area contributed by atoms with E-state index in [0.29, 0.717) is 32.8 Å². The first-order chi connectivity index (χ1) is 6.68. The largest absolute Gasteiger partial charge is 0.474 e. The number of hydrogen-bond donors (Lipinski definition) is 2. The zero-order valence-electron chi connectivity index (χ0n) is 8.12. The Morgan fingerprint density at radius 1 is 1.29 bits per heavy atom. The molecule has 0 aliphatic heterocycles. The predicted molar refractivity (Wildman–Crippen MR) is 48.0 cm³/mol. The first-order valence-corrected chi connectivity index (χ1v) is 4.26. The molecule has 0 bridgehead atoms. The smallest absolute Gasteiger partial charge is 0.394 e. The van der Waals surface area contributed by atoms with Crippen LogP contribution in [0.1, 0.15) is 6.42 Å². The molecule has 82 valence electrons. The van der Waals surface area contributed by atoms with Crippen LogP contribution in [0.25, 0.3) is 0 Å². The number of aliphatic carboxylic acids is 1. The van der Waals surface area contributed by atoms with Crippen LogP contribution in [0.5, 0.6) is 0 Å². The van der Waals surface area contributed by atoms with Crippen LogP contribution < -0.4 is 5.32 Å². The number of amides is 1. The van der Waals surface area contributed by atoms with Crippen LogP contribution >= 0.6 is 0 Å². The summed E-state index contributed by atoms with van der Waals surface area (Å²) in [4.78, 5) is 20.6. The summed E-state index contributed by atoms with van der Waals surface area (Å²) in [6.45, 7) is 1.81. The maximum absolute atomic E-state index is 10.5. The molecule has 0 atom stereocenters. The van der Waals surface area contributed by atoms with Crippen molar-refractivity contribution in [2.45, 2.75) is 6.42 Å². The molecule has 2 N–H and O–H groups in total. The summed E-state index contributed by atoms with van der Waals surface area (Å²) in [7, 11) is 1.58. The van der Waals surface area contributed by atoms with Gasteiger partial charge in [0.1, 0.15) is 0 Å². The molecule has 0 fully saturated rings. The molecule has 6 heteroatoms. The van der Waals surface area contributed by atoms with Crippen LogP contribution in [0, 0.1) is 0 Å². The van der Waals surface area contributed by atoms with Gasteiger partial charge in [0.15, 0.2) is 0 Å². The summed E-state index contributed by atoms with van der Waals surface area (Å²) in [5.74, 6) is -2.45. The Balaban J connectivity index is 3.13. The van der Waals surface area contributed by atoms with Crippen molar-refractivity contribution in [3.05, 3.63) is 0 Å². The van der Waals surface area contributed by atoms with Crippen LogP contribution in [-0.4, -0.2) is 50.5 Å². The van der Waals surface area contributed by atoms with Crippen LogP contribution in [0.2, 0.25) is 0 Å². The average Bonchev–Trinajstić information content (AvgIpc) is 2.16. The summed E-state index contributed by atoms with van der Waals surface area (Å²) in [6, 6.07) is 0.